The maximum atomic E-state index is 11.5. The number of quaternary nitrogens is 1. The van der Waals surface area contributed by atoms with Gasteiger partial charge in [0.2, 0.25) is 0 Å². The second-order valence-corrected chi connectivity index (χ2v) is 26.4. The second kappa shape index (κ2) is 40.6. The minimum Gasteiger partial charge on any atom is -0.748 e. The number of rotatable bonds is 52. The minimum absolute atomic E-state index is 0.00450. The smallest absolute Gasteiger partial charge is 0.501 e. The highest BCUT2D eigenvalue weighted by Crippen LogP contribution is 2.23. The third-order valence-corrected chi connectivity index (χ3v) is 17.6. The molecule has 3 atom stereocenters. The van der Waals surface area contributed by atoms with E-state index in [9.17, 15) is 69.6 Å². The molecule has 0 saturated carbocycles. The van der Waals surface area contributed by atoms with Crippen molar-refractivity contribution >= 4 is 39.2 Å². The lowest BCUT2D eigenvalue weighted by atomic mass is 10.1. The summed E-state index contributed by atoms with van der Waals surface area (Å²) in [5, 5.41) is 60.7. The van der Waals surface area contributed by atoms with Crippen LogP contribution in [0.3, 0.4) is 0 Å². The van der Waals surface area contributed by atoms with Gasteiger partial charge in [0.15, 0.2) is 0 Å². The van der Waals surface area contributed by atoms with Crippen LogP contribution >= 0.6 is 0 Å². The average molecular weight is 1110 g/mol. The highest BCUT2D eigenvalue weighted by Gasteiger charge is 2.42. The molecular formula is C45H97N4O18S3Si-. The van der Waals surface area contributed by atoms with Gasteiger partial charge < -0.3 is 57.5 Å². The number of hydrogen-bond acceptors (Lipinski definition) is 20. The predicted molar refractivity (Wildman–Crippen MR) is 273 cm³/mol. The molecule has 0 radical (unpaired) electrons. The van der Waals surface area contributed by atoms with Crippen LogP contribution in [0.5, 0.6) is 0 Å². The molecule has 7 N–H and O–H groups in total. The van der Waals surface area contributed by atoms with Crippen LogP contribution in [0.15, 0.2) is 0 Å². The van der Waals surface area contributed by atoms with E-state index in [1.54, 1.807) is 4.90 Å². The zero-order valence-electron chi connectivity index (χ0n) is 43.4. The molecular weight excluding hydrogens is 1010 g/mol. The SMILES string of the molecule is CCCCCCCCCC[N+](C)(CCCCCCCCCC)CCC[Si](OCCN(CCO)CC(O)CS(=O)(=O)[O-])(OCCN(CCO)CC(O)CS(=O)(=O)[O-])OCCN(CCO)CC(O)CS(=O)(=O)O. The molecule has 0 aliphatic carbocycles. The summed E-state index contributed by atoms with van der Waals surface area (Å²) in [6.45, 7) is 4.84. The molecule has 3 unspecified atom stereocenters. The van der Waals surface area contributed by atoms with Crippen molar-refractivity contribution in [3.63, 3.8) is 0 Å². The van der Waals surface area contributed by atoms with Crippen LogP contribution in [0.2, 0.25) is 6.04 Å². The molecule has 0 amide bonds. The fourth-order valence-electron chi connectivity index (χ4n) is 8.67. The van der Waals surface area contributed by atoms with Crippen molar-refractivity contribution in [2.24, 2.45) is 0 Å². The number of aliphatic hydroxyl groups is 6. The molecule has 71 heavy (non-hydrogen) atoms. The molecule has 428 valence electrons. The molecule has 0 aliphatic heterocycles. The molecule has 0 rings (SSSR count). The van der Waals surface area contributed by atoms with E-state index in [1.165, 1.54) is 86.8 Å². The summed E-state index contributed by atoms with van der Waals surface area (Å²) in [5.74, 6) is -3.02. The first-order valence-electron chi connectivity index (χ1n) is 26.0. The normalized spacial score (nSPS) is 15.3. The lowest BCUT2D eigenvalue weighted by molar-refractivity contribution is -0.910. The van der Waals surface area contributed by atoms with Crippen LogP contribution in [-0.4, -0.2) is 258 Å². The Balaban J connectivity index is 6.87. The van der Waals surface area contributed by atoms with E-state index < -0.39 is 74.7 Å². The van der Waals surface area contributed by atoms with E-state index in [2.05, 4.69) is 20.9 Å². The van der Waals surface area contributed by atoms with Crippen LogP contribution in [0.25, 0.3) is 0 Å². The standard InChI is InChI=1S/C45H98N4O18S3Si/c1-4-6-8-10-12-14-16-18-27-49(3,28-19-17-15-13-11-9-7-5-2)29-20-36-71(65-33-24-46(21-30-50)37-43(53)40-68(56,57)58,66-34-25-47(22-31-51)38-44(54)41-69(59,60)61)67-35-26-48(23-32-52)39-45(55)42-70(62,63)64/h43-45,50-55H,4-42H2,1-3H3,(H2-,56,57,58,59,60,61,62,63,64)/p-1. The topological polar surface area (TPSA) is 328 Å². The molecule has 0 aromatic heterocycles. The Kier molecular flexibility index (Phi) is 40.3. The van der Waals surface area contributed by atoms with Gasteiger partial charge in [0, 0.05) is 71.4 Å². The second-order valence-electron chi connectivity index (χ2n) is 19.3. The molecule has 0 heterocycles. The average Bonchev–Trinajstić information content (AvgIpc) is 3.23. The number of hydrogen-bond donors (Lipinski definition) is 7. The molecule has 26 heteroatoms. The lowest BCUT2D eigenvalue weighted by Crippen LogP contribution is -2.52. The van der Waals surface area contributed by atoms with Crippen molar-refractivity contribution < 1.29 is 87.3 Å². The Labute approximate surface area is 429 Å². The van der Waals surface area contributed by atoms with Crippen molar-refractivity contribution in [1.29, 1.82) is 0 Å². The highest BCUT2D eigenvalue weighted by atomic mass is 32.2. The van der Waals surface area contributed by atoms with Gasteiger partial charge >= 0.3 is 8.80 Å². The van der Waals surface area contributed by atoms with E-state index >= 15 is 0 Å². The summed E-state index contributed by atoms with van der Waals surface area (Å²) in [7, 11) is -15.7. The predicted octanol–water partition coefficient (Wildman–Crippen LogP) is 1.04. The monoisotopic (exact) mass is 1110 g/mol. The van der Waals surface area contributed by atoms with E-state index in [4.69, 9.17) is 13.3 Å². The van der Waals surface area contributed by atoms with E-state index in [-0.39, 0.29) is 105 Å². The van der Waals surface area contributed by atoms with Gasteiger partial charge in [-0.2, -0.15) is 8.42 Å². The van der Waals surface area contributed by atoms with Gasteiger partial charge in [-0.15, -0.1) is 0 Å². The number of unbranched alkanes of at least 4 members (excludes halogenated alkanes) is 14. The maximum Gasteiger partial charge on any atom is 0.501 e. The van der Waals surface area contributed by atoms with Gasteiger partial charge in [-0.3, -0.25) is 19.3 Å². The molecule has 0 aromatic carbocycles. The quantitative estimate of drug-likeness (QED) is 0.0194. The third-order valence-electron chi connectivity index (χ3n) is 12.3. The van der Waals surface area contributed by atoms with Crippen molar-refractivity contribution in [2.75, 3.05) is 142 Å². The summed E-state index contributed by atoms with van der Waals surface area (Å²) in [6, 6.07) is 0.259. The largest absolute Gasteiger partial charge is 0.748 e. The van der Waals surface area contributed by atoms with Crippen molar-refractivity contribution in [2.45, 2.75) is 147 Å². The van der Waals surface area contributed by atoms with Gasteiger partial charge in [-0.1, -0.05) is 90.9 Å². The summed E-state index contributed by atoms with van der Waals surface area (Å²) in [5.41, 5.74) is 0. The fourth-order valence-corrected chi connectivity index (χ4v) is 12.9. The Morgan fingerprint density at radius 1 is 0.479 bits per heavy atom. The van der Waals surface area contributed by atoms with Gasteiger partial charge in [0.05, 0.1) is 116 Å². The molecule has 0 spiro atoms. The van der Waals surface area contributed by atoms with Crippen LogP contribution in [0.1, 0.15) is 123 Å². The maximum absolute atomic E-state index is 11.5. The first-order valence-corrected chi connectivity index (χ1v) is 32.7. The van der Waals surface area contributed by atoms with E-state index in [0.29, 0.717) is 6.42 Å². The fraction of sp³-hybridized carbons (Fsp3) is 1.00. The van der Waals surface area contributed by atoms with Crippen molar-refractivity contribution in [3.8, 4) is 0 Å². The molecule has 0 bridgehead atoms. The van der Waals surface area contributed by atoms with E-state index in [0.717, 1.165) is 49.8 Å². The molecule has 0 aromatic rings. The van der Waals surface area contributed by atoms with Crippen LogP contribution < -0.4 is 0 Å². The van der Waals surface area contributed by atoms with Crippen molar-refractivity contribution in [1.82, 2.24) is 14.7 Å². The minimum atomic E-state index is -4.77. The number of nitrogens with zero attached hydrogens (tertiary/aromatic N) is 4. The highest BCUT2D eigenvalue weighted by molar-refractivity contribution is 7.86. The molecule has 22 nitrogen and oxygen atoms in total. The first-order chi connectivity index (χ1) is 33.4. The molecule has 0 fully saturated rings. The van der Waals surface area contributed by atoms with Crippen LogP contribution in [0, 0.1) is 0 Å². The Bertz CT molecular complexity index is 1470. The first kappa shape index (κ1) is 70.4. The third kappa shape index (κ3) is 42.3. The van der Waals surface area contributed by atoms with Gasteiger partial charge in [-0.25, -0.2) is 16.8 Å². The number of aliphatic hydroxyl groups excluding tert-OH is 6. The van der Waals surface area contributed by atoms with Gasteiger partial charge in [0.25, 0.3) is 10.1 Å². The van der Waals surface area contributed by atoms with Crippen LogP contribution in [0.4, 0.5) is 0 Å². The van der Waals surface area contributed by atoms with E-state index in [1.807, 2.05) is 0 Å². The zero-order chi connectivity index (χ0) is 53.7. The zero-order valence-corrected chi connectivity index (χ0v) is 46.9. The summed E-state index contributed by atoms with van der Waals surface area (Å²) in [4.78, 5) is 4.58. The van der Waals surface area contributed by atoms with Gasteiger partial charge in [-0.05, 0) is 25.7 Å². The molecule has 0 aliphatic rings. The summed E-state index contributed by atoms with van der Waals surface area (Å²) < 4.78 is 121. The summed E-state index contributed by atoms with van der Waals surface area (Å²) in [6.07, 6.45) is 14.9. The van der Waals surface area contributed by atoms with Gasteiger partial charge in [0.1, 0.15) is 5.75 Å². The molecule has 0 saturated heterocycles. The Hall–Kier alpha value is -0.573. The Morgan fingerprint density at radius 2 is 0.775 bits per heavy atom. The lowest BCUT2D eigenvalue weighted by Gasteiger charge is -2.37. The van der Waals surface area contributed by atoms with Crippen molar-refractivity contribution in [3.05, 3.63) is 0 Å². The summed E-state index contributed by atoms with van der Waals surface area (Å²) >= 11 is 0. The Morgan fingerprint density at radius 3 is 1.07 bits per heavy atom. The van der Waals surface area contributed by atoms with Crippen LogP contribution in [-0.2, 0) is 43.6 Å².